The lowest BCUT2D eigenvalue weighted by atomic mass is 9.67. The zero-order valence-electron chi connectivity index (χ0n) is 25.5. The van der Waals surface area contributed by atoms with Crippen LogP contribution in [-0.2, 0) is 38.1 Å². The van der Waals surface area contributed by atoms with E-state index in [1.165, 1.54) is 33.5 Å². The number of hydrogen-bond acceptors (Lipinski definition) is 9. The van der Waals surface area contributed by atoms with Gasteiger partial charge in [-0.1, -0.05) is 18.6 Å². The van der Waals surface area contributed by atoms with E-state index in [1.54, 1.807) is 0 Å². The highest BCUT2D eigenvalue weighted by Crippen LogP contribution is 2.56. The molecule has 2 aliphatic carbocycles. The van der Waals surface area contributed by atoms with Gasteiger partial charge in [-0.15, -0.1) is 0 Å². The van der Waals surface area contributed by atoms with Crippen molar-refractivity contribution in [2.75, 3.05) is 13.7 Å². The van der Waals surface area contributed by atoms with E-state index in [4.69, 9.17) is 14.2 Å². The van der Waals surface area contributed by atoms with Crippen molar-refractivity contribution in [3.05, 3.63) is 23.3 Å². The first-order chi connectivity index (χ1) is 18.5. The lowest BCUT2D eigenvalue weighted by molar-refractivity contribution is -0.163. The molecule has 9 heteroatoms. The maximum Gasteiger partial charge on any atom is 0.309 e. The van der Waals surface area contributed by atoms with E-state index < -0.39 is 40.6 Å². The lowest BCUT2D eigenvalue weighted by Gasteiger charge is -2.43. The summed E-state index contributed by atoms with van der Waals surface area (Å²) in [7, 11) is 1.22. The van der Waals surface area contributed by atoms with Gasteiger partial charge < -0.3 is 24.1 Å². The maximum absolute atomic E-state index is 12.6. The monoisotopic (exact) mass is 564 g/mol. The second kappa shape index (κ2) is 13.8. The van der Waals surface area contributed by atoms with Gasteiger partial charge in [0.25, 0.3) is 0 Å². The Kier molecular flexibility index (Phi) is 11.6. The lowest BCUT2D eigenvalue weighted by Crippen LogP contribution is -2.45. The quantitative estimate of drug-likeness (QED) is 0.234. The number of fused-ring (bicyclic) bond motifs is 1. The van der Waals surface area contributed by atoms with Gasteiger partial charge in [-0.25, -0.2) is 0 Å². The molecule has 9 nitrogen and oxygen atoms in total. The van der Waals surface area contributed by atoms with Crippen LogP contribution in [0.15, 0.2) is 23.3 Å². The first kappa shape index (κ1) is 33.5. The van der Waals surface area contributed by atoms with Gasteiger partial charge >= 0.3 is 23.9 Å². The zero-order valence-corrected chi connectivity index (χ0v) is 25.5. The molecule has 0 saturated heterocycles. The van der Waals surface area contributed by atoms with E-state index in [0.717, 1.165) is 37.7 Å². The third-order valence-corrected chi connectivity index (χ3v) is 8.46. The van der Waals surface area contributed by atoms with Crippen LogP contribution in [0.25, 0.3) is 0 Å². The van der Waals surface area contributed by atoms with Crippen molar-refractivity contribution in [1.29, 1.82) is 0 Å². The highest BCUT2D eigenvalue weighted by Gasteiger charge is 2.55. The molecule has 226 valence electrons. The maximum atomic E-state index is 12.6. The molecular formula is C31H48O9. The van der Waals surface area contributed by atoms with Gasteiger partial charge in [0.05, 0.1) is 25.6 Å². The largest absolute Gasteiger partial charge is 0.469 e. The summed E-state index contributed by atoms with van der Waals surface area (Å²) in [6.07, 6.45) is 7.49. The van der Waals surface area contributed by atoms with Crippen LogP contribution in [0.1, 0.15) is 99.8 Å². The summed E-state index contributed by atoms with van der Waals surface area (Å²) in [4.78, 5) is 48.4. The molecule has 0 heterocycles. The molecule has 1 saturated carbocycles. The zero-order chi connectivity index (χ0) is 30.3. The standard InChI is InChI=1S/C31H48O9/c1-20-10-9-11-23(19-38-28(35)18-30(6,36)17-27(34)37-8)16-26(39-21(2)32)31(7)15-14-24(25(31)13-12-20)29(4,5)40-22(3)33/h10,16,24-26,36H,9,11-15,17-19H2,1-8H3. The summed E-state index contributed by atoms with van der Waals surface area (Å²) in [6.45, 7) is 12.3. The Morgan fingerprint density at radius 3 is 2.27 bits per heavy atom. The number of carbonyl (C=O) groups excluding carboxylic acids is 4. The van der Waals surface area contributed by atoms with Crippen molar-refractivity contribution in [2.24, 2.45) is 17.3 Å². The summed E-state index contributed by atoms with van der Waals surface area (Å²) in [5, 5.41) is 10.4. The van der Waals surface area contributed by atoms with Crippen molar-refractivity contribution in [2.45, 2.75) is 117 Å². The van der Waals surface area contributed by atoms with Gasteiger partial charge in [0.15, 0.2) is 0 Å². The Labute approximate surface area is 238 Å². The van der Waals surface area contributed by atoms with E-state index in [0.29, 0.717) is 6.42 Å². The van der Waals surface area contributed by atoms with Gasteiger partial charge in [0.1, 0.15) is 18.3 Å². The van der Waals surface area contributed by atoms with Crippen molar-refractivity contribution >= 4 is 23.9 Å². The fourth-order valence-corrected chi connectivity index (χ4v) is 6.40. The summed E-state index contributed by atoms with van der Waals surface area (Å²) < 4.78 is 21.9. The highest BCUT2D eigenvalue weighted by molar-refractivity contribution is 5.74. The number of ether oxygens (including phenoxy) is 4. The van der Waals surface area contributed by atoms with Crippen LogP contribution in [0, 0.1) is 17.3 Å². The summed E-state index contributed by atoms with van der Waals surface area (Å²) >= 11 is 0. The van der Waals surface area contributed by atoms with Crippen molar-refractivity contribution in [1.82, 2.24) is 0 Å². The molecular weight excluding hydrogens is 516 g/mol. The molecule has 0 aliphatic heterocycles. The number of allylic oxidation sites excluding steroid dienone is 2. The minimum Gasteiger partial charge on any atom is -0.469 e. The average molecular weight is 565 g/mol. The number of carbonyl (C=O) groups is 4. The predicted molar refractivity (Wildman–Crippen MR) is 149 cm³/mol. The molecule has 0 aromatic heterocycles. The molecule has 0 aromatic rings. The van der Waals surface area contributed by atoms with Crippen LogP contribution in [-0.4, -0.2) is 60.0 Å². The fourth-order valence-electron chi connectivity index (χ4n) is 6.40. The number of hydrogen-bond donors (Lipinski definition) is 1. The SMILES string of the molecule is COC(=O)CC(C)(O)CC(=O)OCC1=CC(OC(C)=O)C2(C)CCC(C(C)(C)OC(C)=O)C2CCC(C)=CCC1. The molecule has 2 aliphatic rings. The molecule has 0 radical (unpaired) electrons. The Balaban J connectivity index is 2.38. The van der Waals surface area contributed by atoms with Crippen LogP contribution in [0.5, 0.6) is 0 Å². The number of methoxy groups -OCH3 is 1. The molecule has 1 N–H and O–H groups in total. The molecule has 0 bridgehead atoms. The first-order valence-electron chi connectivity index (χ1n) is 14.2. The van der Waals surface area contributed by atoms with Crippen LogP contribution < -0.4 is 0 Å². The number of aliphatic hydroxyl groups is 1. The minimum absolute atomic E-state index is 0.0269. The molecule has 2 rings (SSSR count). The Bertz CT molecular complexity index is 1010. The van der Waals surface area contributed by atoms with E-state index in [9.17, 15) is 24.3 Å². The van der Waals surface area contributed by atoms with Crippen LogP contribution in [0.4, 0.5) is 0 Å². The topological polar surface area (TPSA) is 125 Å². The number of rotatable bonds is 9. The molecule has 1 fully saturated rings. The van der Waals surface area contributed by atoms with Crippen LogP contribution >= 0.6 is 0 Å². The second-order valence-corrected chi connectivity index (χ2v) is 12.5. The molecule has 5 unspecified atom stereocenters. The molecule has 0 spiro atoms. The Morgan fingerprint density at radius 2 is 1.68 bits per heavy atom. The Hall–Kier alpha value is -2.68. The fraction of sp³-hybridized carbons (Fsp3) is 0.742. The average Bonchev–Trinajstić information content (AvgIpc) is 3.15. The molecule has 0 aromatic carbocycles. The van der Waals surface area contributed by atoms with E-state index in [1.807, 2.05) is 19.9 Å². The third-order valence-electron chi connectivity index (χ3n) is 8.46. The normalized spacial score (nSPS) is 27.1. The van der Waals surface area contributed by atoms with Crippen molar-refractivity contribution < 1.29 is 43.2 Å². The number of esters is 4. The van der Waals surface area contributed by atoms with Crippen LogP contribution in [0.2, 0.25) is 0 Å². The third kappa shape index (κ3) is 9.46. The van der Waals surface area contributed by atoms with Crippen molar-refractivity contribution in [3.63, 3.8) is 0 Å². The van der Waals surface area contributed by atoms with Gasteiger partial charge in [-0.05, 0) is 83.8 Å². The first-order valence-corrected chi connectivity index (χ1v) is 14.2. The molecule has 0 amide bonds. The van der Waals surface area contributed by atoms with E-state index in [2.05, 4.69) is 24.7 Å². The second-order valence-electron chi connectivity index (χ2n) is 12.5. The molecule has 5 atom stereocenters. The van der Waals surface area contributed by atoms with Crippen LogP contribution in [0.3, 0.4) is 0 Å². The van der Waals surface area contributed by atoms with Gasteiger partial charge in [0, 0.05) is 25.2 Å². The minimum atomic E-state index is -1.60. The van der Waals surface area contributed by atoms with E-state index in [-0.39, 0.29) is 37.3 Å². The summed E-state index contributed by atoms with van der Waals surface area (Å²) in [5.74, 6) is -1.82. The molecule has 40 heavy (non-hydrogen) atoms. The smallest absolute Gasteiger partial charge is 0.309 e. The highest BCUT2D eigenvalue weighted by atomic mass is 16.6. The summed E-state index contributed by atoms with van der Waals surface area (Å²) in [5.41, 5.74) is -0.657. The summed E-state index contributed by atoms with van der Waals surface area (Å²) in [6, 6.07) is 0. The van der Waals surface area contributed by atoms with E-state index >= 15 is 0 Å². The van der Waals surface area contributed by atoms with Crippen molar-refractivity contribution in [3.8, 4) is 0 Å². The van der Waals surface area contributed by atoms with Gasteiger partial charge in [0.2, 0.25) is 0 Å². The van der Waals surface area contributed by atoms with Gasteiger partial charge in [-0.3, -0.25) is 19.2 Å². The predicted octanol–water partition coefficient (Wildman–Crippen LogP) is 4.99. The Morgan fingerprint density at radius 1 is 1.02 bits per heavy atom. The van der Waals surface area contributed by atoms with Gasteiger partial charge in [-0.2, -0.15) is 0 Å².